The van der Waals surface area contributed by atoms with Gasteiger partial charge in [-0.3, -0.25) is 47.5 Å². The number of rotatable bonds is 27. The molecular weight excluding hydrogens is 1940 g/mol. The first-order chi connectivity index (χ1) is 63.9. The van der Waals surface area contributed by atoms with Crippen molar-refractivity contribution in [1.82, 2.24) is 69.8 Å². The summed E-state index contributed by atoms with van der Waals surface area (Å²) in [5, 5.41) is 62.0. The standard InChI is InChI=1S/C25H31N5O4S.C24H29N5O5S.C19H29N3O5S.C10H13N3O3.C9H17BrO2S.C8H8N2.ClH/c1-24(2,3)16-35(33,34)25(10-11-25)15-30-12-9-19-20(28-29(4)21(19)23(30)32)22(31)27-14-18-7-5-17(13-26)6-8-18;1-23(2,32)15-35(33,34)24(9-10-24)14-29-11-8-18-19(27-28(3)20(18)22(29)31)21(30)26-13-17-6-4-16(12-25)5-7-17;1-6-27-17(24)14-13-7-10-22(16(23)15(13)21(5)20-14)11-19(8-9-19)28(25,26)12-18(2,3)4;1-3-16-10(15)7-6-4-5-11-9(14)8(6)13(2)12-7;1-8(2,3)7-13(11,12)9(6-10)4-5-9;9-5-7-1-2-8(6-10)4-3-7;/h5-8H,9-12,14-16H2,1-4H3,(H,27,31);4-7,32H,8-11,13-15H2,1-3H3,(H,26,30);6-12H2,1-5H3;3-5H2,1-2H3,(H,11,14);4-7H2,1-3H3;1-4H,5,9H2;1H. The van der Waals surface area contributed by atoms with Gasteiger partial charge in [0.15, 0.2) is 62.1 Å². The maximum Gasteiger partial charge on any atom is 0.359 e. The smallest absolute Gasteiger partial charge is 0.359 e. The Morgan fingerprint density at radius 2 is 0.725 bits per heavy atom. The highest BCUT2D eigenvalue weighted by molar-refractivity contribution is 9.09. The van der Waals surface area contributed by atoms with E-state index in [4.69, 9.17) is 31.0 Å². The lowest BCUT2D eigenvalue weighted by Gasteiger charge is -2.32. The first kappa shape index (κ1) is 111. The van der Waals surface area contributed by atoms with Crippen LogP contribution >= 0.6 is 28.3 Å². The van der Waals surface area contributed by atoms with Crippen LogP contribution in [0.2, 0.25) is 0 Å². The number of esters is 2. The summed E-state index contributed by atoms with van der Waals surface area (Å²) in [4.78, 5) is 105. The zero-order chi connectivity index (χ0) is 102. The van der Waals surface area contributed by atoms with E-state index in [9.17, 15) is 77.1 Å². The van der Waals surface area contributed by atoms with Crippen molar-refractivity contribution in [2.45, 2.75) is 211 Å². The number of nitriles is 3. The number of sulfone groups is 4. The normalized spacial score (nSPS) is 16.7. The maximum absolute atomic E-state index is 13.3. The van der Waals surface area contributed by atoms with Crippen LogP contribution in [0.5, 0.6) is 0 Å². The lowest BCUT2D eigenvalue weighted by molar-refractivity contribution is 0.0507. The molecular formula is C95H128BrClN18O19S4. The number of amides is 6. The maximum atomic E-state index is 13.3. The molecule has 0 bridgehead atoms. The van der Waals surface area contributed by atoms with Crippen LogP contribution in [0.1, 0.15) is 281 Å². The van der Waals surface area contributed by atoms with Crippen LogP contribution in [0.3, 0.4) is 0 Å². The first-order valence-electron chi connectivity index (χ1n) is 45.5. The van der Waals surface area contributed by atoms with Gasteiger partial charge in [-0.1, -0.05) is 115 Å². The van der Waals surface area contributed by atoms with E-state index in [2.05, 4.69) is 58.3 Å². The summed E-state index contributed by atoms with van der Waals surface area (Å²) < 4.78 is 114. The fourth-order valence-corrected chi connectivity index (χ4v) is 28.3. The molecule has 0 radical (unpaired) electrons. The Bertz CT molecular complexity index is 6160. The molecule has 8 heterocycles. The molecule has 8 aliphatic rings. The molecule has 3 aromatic carbocycles. The van der Waals surface area contributed by atoms with Crippen LogP contribution < -0.4 is 21.7 Å². The highest BCUT2D eigenvalue weighted by Crippen LogP contribution is 2.50. The summed E-state index contributed by atoms with van der Waals surface area (Å²) in [7, 11) is -6.72. The number of alkyl halides is 1. The van der Waals surface area contributed by atoms with Crippen LogP contribution in [0.15, 0.2) is 72.8 Å². The zero-order valence-corrected chi connectivity index (χ0v) is 87.2. The Balaban J connectivity index is 0.000000194. The molecule has 6 N–H and O–H groups in total. The number of hydrogen-bond acceptors (Lipinski definition) is 27. The molecule has 0 spiro atoms. The monoisotopic (exact) mass is 2070 g/mol. The van der Waals surface area contributed by atoms with E-state index in [1.54, 1.807) is 113 Å². The fraction of sp³-hybridized carbons (Fsp3) is 0.568. The number of ether oxygens (including phenoxy) is 2. The first-order valence-corrected chi connectivity index (χ1v) is 53.2. The second-order valence-corrected chi connectivity index (χ2v) is 50.6. The molecule has 750 valence electrons. The number of carbonyl (C=O) groups is 8. The highest BCUT2D eigenvalue weighted by atomic mass is 79.9. The fourth-order valence-electron chi connectivity index (χ4n) is 17.0. The Kier molecular flexibility index (Phi) is 35.0. The van der Waals surface area contributed by atoms with Gasteiger partial charge in [0.1, 0.15) is 22.8 Å². The third-order valence-electron chi connectivity index (χ3n) is 24.5. The lowest BCUT2D eigenvalue weighted by atomic mass is 10.0. The van der Waals surface area contributed by atoms with Gasteiger partial charge in [0, 0.05) is 121 Å². The molecule has 6 amide bonds. The van der Waals surface area contributed by atoms with Crippen molar-refractivity contribution in [2.75, 3.05) is 87.4 Å². The Morgan fingerprint density at radius 3 is 1.00 bits per heavy atom. The molecule has 7 aromatic rings. The van der Waals surface area contributed by atoms with Gasteiger partial charge in [-0.2, -0.15) is 36.2 Å². The van der Waals surface area contributed by atoms with E-state index in [1.807, 2.05) is 86.6 Å². The van der Waals surface area contributed by atoms with Gasteiger partial charge in [0.2, 0.25) is 0 Å². The van der Waals surface area contributed by atoms with E-state index < -0.39 is 81.8 Å². The summed E-state index contributed by atoms with van der Waals surface area (Å²) in [6.45, 7) is 27.3. The van der Waals surface area contributed by atoms with E-state index in [-0.39, 0.29) is 150 Å². The number of hydrogen-bond donors (Lipinski definition) is 5. The van der Waals surface area contributed by atoms with Gasteiger partial charge >= 0.3 is 11.9 Å². The lowest BCUT2D eigenvalue weighted by Crippen LogP contribution is -2.48. The number of aliphatic hydroxyl groups is 1. The van der Waals surface area contributed by atoms with E-state index in [0.29, 0.717) is 164 Å². The summed E-state index contributed by atoms with van der Waals surface area (Å²) in [5.74, 6) is -2.75. The van der Waals surface area contributed by atoms with Crippen molar-refractivity contribution in [3.8, 4) is 18.2 Å². The minimum Gasteiger partial charge on any atom is -0.461 e. The van der Waals surface area contributed by atoms with Crippen molar-refractivity contribution in [3.63, 3.8) is 0 Å². The highest BCUT2D eigenvalue weighted by Gasteiger charge is 2.60. The molecule has 37 nitrogen and oxygen atoms in total. The van der Waals surface area contributed by atoms with Crippen LogP contribution in [0, 0.1) is 50.2 Å². The van der Waals surface area contributed by atoms with Crippen molar-refractivity contribution >= 4 is 115 Å². The number of aromatic nitrogens is 8. The average Bonchev–Trinajstić information content (AvgIpc) is 1.58. The van der Waals surface area contributed by atoms with Crippen LogP contribution in [0.4, 0.5) is 0 Å². The van der Waals surface area contributed by atoms with Gasteiger partial charge in [-0.25, -0.2) is 43.3 Å². The van der Waals surface area contributed by atoms with Gasteiger partial charge in [0.25, 0.3) is 35.4 Å². The molecule has 0 saturated heterocycles. The van der Waals surface area contributed by atoms with Gasteiger partial charge in [-0.05, 0) is 174 Å². The van der Waals surface area contributed by atoms with E-state index in [0.717, 1.165) is 29.5 Å². The number of fused-ring (bicyclic) bond motifs is 4. The van der Waals surface area contributed by atoms with E-state index >= 15 is 0 Å². The SMILES string of the molecule is CC(C)(C)CS(=O)(=O)C1(CBr)CC1.CCOC(=O)c1nn(C)c2c1CCN(CC1(S(=O)(=O)CC(C)(C)C)CC1)C2=O.CCOC(=O)c1nn(C)c2c1CCNC2=O.Cl.Cn1nc(C(=O)NCc2ccc(C#N)cc2)c2c1C(=O)N(CC1(S(=O)(=O)CC(C)(C)C)CC1)CC2.Cn1nc(C(=O)NCc2ccc(C#N)cc2)c2c1C(=O)N(CC1(S(=O)(=O)CC(C)(C)O)CC1)CC2.N#Cc1ccc(CN)cc1. The number of nitrogens with zero attached hydrogens (tertiary/aromatic N) is 14. The van der Waals surface area contributed by atoms with Crippen molar-refractivity contribution in [2.24, 2.45) is 50.2 Å². The predicted molar refractivity (Wildman–Crippen MR) is 522 cm³/mol. The Labute approximate surface area is 822 Å². The minimum absolute atomic E-state index is 0. The molecule has 0 unspecified atom stereocenters. The van der Waals surface area contributed by atoms with Gasteiger partial charge < -0.3 is 51.0 Å². The molecule has 0 atom stereocenters. The molecule has 4 saturated carbocycles. The Morgan fingerprint density at radius 1 is 0.449 bits per heavy atom. The number of nitrogens with two attached hydrogens (primary N) is 1. The molecule has 15 rings (SSSR count). The van der Waals surface area contributed by atoms with Gasteiger partial charge in [-0.15, -0.1) is 12.4 Å². The zero-order valence-electron chi connectivity index (χ0n) is 81.5. The second-order valence-electron chi connectivity index (χ2n) is 40.5. The quantitative estimate of drug-likeness (QED) is 0.0238. The average molecular weight is 2070 g/mol. The van der Waals surface area contributed by atoms with Crippen LogP contribution in [-0.2, 0) is 122 Å². The van der Waals surface area contributed by atoms with Crippen molar-refractivity contribution in [3.05, 3.63) is 174 Å². The summed E-state index contributed by atoms with van der Waals surface area (Å²) in [5.41, 5.74) is 12.3. The number of halogens is 2. The summed E-state index contributed by atoms with van der Waals surface area (Å²) in [6, 6.07) is 27.2. The molecule has 4 fully saturated rings. The molecule has 138 heavy (non-hydrogen) atoms. The molecule has 4 aliphatic carbocycles. The predicted octanol–water partition coefficient (Wildman–Crippen LogP) is 8.44. The van der Waals surface area contributed by atoms with Crippen LogP contribution in [0.25, 0.3) is 0 Å². The third kappa shape index (κ3) is 26.5. The number of aryl methyl sites for hydroxylation is 4. The molecule has 43 heteroatoms. The third-order valence-corrected chi connectivity index (χ3v) is 38.3. The van der Waals surface area contributed by atoms with Gasteiger partial charge in [0.05, 0.1) is 95.7 Å². The molecule has 4 aromatic heterocycles. The largest absolute Gasteiger partial charge is 0.461 e. The second kappa shape index (κ2) is 43.5. The minimum atomic E-state index is -3.61. The topological polar surface area (TPSA) is 526 Å². The van der Waals surface area contributed by atoms with E-state index in [1.165, 1.54) is 37.5 Å². The van der Waals surface area contributed by atoms with Crippen molar-refractivity contribution in [1.29, 1.82) is 15.8 Å². The summed E-state index contributed by atoms with van der Waals surface area (Å²) in [6.07, 6.45) is 6.76. The number of benzene rings is 3. The Hall–Kier alpha value is -10.8. The van der Waals surface area contributed by atoms with Crippen LogP contribution in [-0.4, -0.2) is 252 Å². The number of carbonyl (C=O) groups excluding carboxylic acids is 8. The molecule has 4 aliphatic heterocycles. The van der Waals surface area contributed by atoms with Crippen molar-refractivity contribution < 1.29 is 86.6 Å². The summed E-state index contributed by atoms with van der Waals surface area (Å²) >= 11 is 3.30. The number of nitrogens with one attached hydrogen (secondary N) is 3.